The molecule has 3 N–H and O–H groups in total. The van der Waals surface area contributed by atoms with E-state index < -0.39 is 5.91 Å². The van der Waals surface area contributed by atoms with Crippen LogP contribution in [0.4, 0.5) is 5.00 Å². The normalized spacial score (nSPS) is 18.5. The predicted molar refractivity (Wildman–Crippen MR) is 155 cm³/mol. The third-order valence-corrected chi connectivity index (χ3v) is 8.54. The fourth-order valence-corrected chi connectivity index (χ4v) is 6.73. The number of hydrogen-bond donors (Lipinski definition) is 3. The largest absolute Gasteiger partial charge is 0.484 e. The molecule has 0 saturated carbocycles. The highest BCUT2D eigenvalue weighted by Gasteiger charge is 2.29. The molecule has 11 heteroatoms. The number of esters is 1. The molecule has 210 valence electrons. The van der Waals surface area contributed by atoms with Gasteiger partial charge in [0, 0.05) is 22.5 Å². The molecule has 2 aliphatic rings. The lowest BCUT2D eigenvalue weighted by atomic mass is 9.95. The first kappa shape index (κ1) is 28.8. The smallest absolute Gasteiger partial charge is 0.341 e. The average molecular weight is 573 g/mol. The molecule has 0 unspecified atom stereocenters. The third kappa shape index (κ3) is 7.07. The van der Waals surface area contributed by atoms with Crippen molar-refractivity contribution in [2.24, 2.45) is 0 Å². The van der Waals surface area contributed by atoms with Crippen molar-refractivity contribution in [3.8, 4) is 5.75 Å². The van der Waals surface area contributed by atoms with E-state index in [1.54, 1.807) is 31.2 Å². The minimum atomic E-state index is -0.395. The van der Waals surface area contributed by atoms with Gasteiger partial charge >= 0.3 is 5.97 Å². The second kappa shape index (κ2) is 13.3. The average Bonchev–Trinajstić information content (AvgIpc) is 3.28. The number of anilines is 1. The first-order chi connectivity index (χ1) is 18.8. The minimum Gasteiger partial charge on any atom is -0.484 e. The summed E-state index contributed by atoms with van der Waals surface area (Å²) >= 11 is 6.87. The number of carbonyl (C=O) groups excluding carboxylic acids is 3. The molecule has 9 nitrogen and oxygen atoms in total. The van der Waals surface area contributed by atoms with Gasteiger partial charge in [-0.1, -0.05) is 0 Å². The Kier molecular flexibility index (Phi) is 9.79. The minimum absolute atomic E-state index is 0.0283. The lowest BCUT2D eigenvalue weighted by Gasteiger charge is -2.38. The van der Waals surface area contributed by atoms with Crippen molar-refractivity contribution in [3.63, 3.8) is 0 Å². The summed E-state index contributed by atoms with van der Waals surface area (Å²) in [5, 5.41) is 3.83. The molecule has 0 bridgehead atoms. The van der Waals surface area contributed by atoms with Crippen molar-refractivity contribution in [3.05, 3.63) is 45.8 Å². The second-order valence-corrected chi connectivity index (χ2v) is 11.4. The summed E-state index contributed by atoms with van der Waals surface area (Å²) in [5.41, 5.74) is 7.23. The Morgan fingerprint density at radius 3 is 2.41 bits per heavy atom. The van der Waals surface area contributed by atoms with E-state index in [-0.39, 0.29) is 35.7 Å². The summed E-state index contributed by atoms with van der Waals surface area (Å²) < 4.78 is 11.0. The van der Waals surface area contributed by atoms with Gasteiger partial charge in [0.1, 0.15) is 10.8 Å². The summed E-state index contributed by atoms with van der Waals surface area (Å²) in [4.78, 5) is 41.0. The molecule has 2 heterocycles. The van der Waals surface area contributed by atoms with E-state index >= 15 is 0 Å². The number of hydrazine groups is 1. The molecule has 1 aromatic heterocycles. The van der Waals surface area contributed by atoms with Crippen LogP contribution in [0.2, 0.25) is 0 Å². The molecular weight excluding hydrogens is 536 g/mol. The van der Waals surface area contributed by atoms with Gasteiger partial charge in [-0.25, -0.2) is 4.79 Å². The SMILES string of the molecule is CCOC(=O)c1c(NC(=S)NNC(=O)c2ccc(OCC(=O)N3[C@@H](C)CCC[C@@H]3C)cc2)sc2c1CCCC2. The molecule has 2 atom stereocenters. The fourth-order valence-electron chi connectivity index (χ4n) is 5.23. The van der Waals surface area contributed by atoms with Crippen molar-refractivity contribution in [2.75, 3.05) is 18.5 Å². The highest BCUT2D eigenvalue weighted by Crippen LogP contribution is 2.38. The van der Waals surface area contributed by atoms with Gasteiger partial charge < -0.3 is 19.7 Å². The van der Waals surface area contributed by atoms with E-state index in [1.165, 1.54) is 16.2 Å². The Labute approximate surface area is 238 Å². The summed E-state index contributed by atoms with van der Waals surface area (Å²) in [7, 11) is 0. The molecule has 0 radical (unpaired) electrons. The van der Waals surface area contributed by atoms with Crippen LogP contribution < -0.4 is 20.9 Å². The van der Waals surface area contributed by atoms with Gasteiger partial charge in [-0.15, -0.1) is 11.3 Å². The molecular formula is C28H36N4O5S2. The number of fused-ring (bicyclic) bond motifs is 1. The van der Waals surface area contributed by atoms with E-state index in [0.717, 1.165) is 50.5 Å². The van der Waals surface area contributed by atoms with Crippen LogP contribution in [0, 0.1) is 0 Å². The Balaban J connectivity index is 1.29. The van der Waals surface area contributed by atoms with Crippen LogP contribution >= 0.6 is 23.6 Å². The zero-order chi connectivity index (χ0) is 27.9. The molecule has 2 amide bonds. The van der Waals surface area contributed by atoms with Crippen LogP contribution in [-0.4, -0.2) is 53.1 Å². The van der Waals surface area contributed by atoms with E-state index in [2.05, 4.69) is 30.0 Å². The highest BCUT2D eigenvalue weighted by molar-refractivity contribution is 7.80. The molecule has 1 fully saturated rings. The maximum Gasteiger partial charge on any atom is 0.341 e. The number of aryl methyl sites for hydroxylation is 1. The molecule has 4 rings (SSSR count). The van der Waals surface area contributed by atoms with E-state index in [0.29, 0.717) is 28.5 Å². The van der Waals surface area contributed by atoms with E-state index in [1.807, 2.05) is 4.90 Å². The highest BCUT2D eigenvalue weighted by atomic mass is 32.1. The van der Waals surface area contributed by atoms with Crippen LogP contribution in [0.5, 0.6) is 5.75 Å². The number of nitrogens with one attached hydrogen (secondary N) is 3. The van der Waals surface area contributed by atoms with Crippen LogP contribution in [-0.2, 0) is 22.4 Å². The summed E-state index contributed by atoms with van der Waals surface area (Å²) in [5.74, 6) is -0.279. The van der Waals surface area contributed by atoms with Gasteiger partial charge in [0.05, 0.1) is 12.2 Å². The lowest BCUT2D eigenvalue weighted by Crippen LogP contribution is -2.49. The third-order valence-electron chi connectivity index (χ3n) is 7.13. The molecule has 1 aliphatic heterocycles. The molecule has 1 saturated heterocycles. The van der Waals surface area contributed by atoms with Gasteiger partial charge in [-0.2, -0.15) is 0 Å². The van der Waals surface area contributed by atoms with Crippen LogP contribution in [0.1, 0.15) is 84.0 Å². The number of amides is 2. The first-order valence-electron chi connectivity index (χ1n) is 13.5. The van der Waals surface area contributed by atoms with Crippen LogP contribution in [0.25, 0.3) is 0 Å². The first-order valence-corrected chi connectivity index (χ1v) is 14.7. The Morgan fingerprint density at radius 1 is 1.03 bits per heavy atom. The maximum atomic E-state index is 12.7. The number of hydrogen-bond acceptors (Lipinski definition) is 7. The Morgan fingerprint density at radius 2 is 1.72 bits per heavy atom. The van der Waals surface area contributed by atoms with Crippen molar-refractivity contribution < 1.29 is 23.9 Å². The molecule has 1 aliphatic carbocycles. The van der Waals surface area contributed by atoms with Gasteiger partial charge in [-0.05, 0) is 108 Å². The summed E-state index contributed by atoms with van der Waals surface area (Å²) in [6.45, 7) is 6.17. The van der Waals surface area contributed by atoms with Gasteiger partial charge in [0.2, 0.25) is 0 Å². The molecule has 0 spiro atoms. The van der Waals surface area contributed by atoms with Gasteiger partial charge in [-0.3, -0.25) is 20.4 Å². The monoisotopic (exact) mass is 572 g/mol. The number of ether oxygens (including phenoxy) is 2. The predicted octanol–water partition coefficient (Wildman–Crippen LogP) is 4.60. The lowest BCUT2D eigenvalue weighted by molar-refractivity contribution is -0.139. The number of likely N-dealkylation sites (tertiary alicyclic amines) is 1. The van der Waals surface area contributed by atoms with E-state index in [4.69, 9.17) is 21.7 Å². The zero-order valence-electron chi connectivity index (χ0n) is 22.6. The second-order valence-electron chi connectivity index (χ2n) is 9.91. The number of thiophene rings is 1. The Bertz CT molecular complexity index is 1200. The van der Waals surface area contributed by atoms with Crippen LogP contribution in [0.3, 0.4) is 0 Å². The van der Waals surface area contributed by atoms with Crippen molar-refractivity contribution in [1.82, 2.24) is 15.8 Å². The number of benzene rings is 1. The number of thiocarbonyl (C=S) groups is 1. The number of carbonyl (C=O) groups is 3. The van der Waals surface area contributed by atoms with Crippen LogP contribution in [0.15, 0.2) is 24.3 Å². The maximum absolute atomic E-state index is 12.7. The standard InChI is InChI=1S/C28H36N4O5S2/c1-4-36-27(35)24-21-10-5-6-11-22(21)39-26(24)29-28(38)31-30-25(34)19-12-14-20(15-13-19)37-16-23(33)32-17(2)8-7-9-18(32)3/h12-15,17-18H,4-11,16H2,1-3H3,(H,30,34)(H2,29,31,38)/t17-,18-/m0/s1. The van der Waals surface area contributed by atoms with Crippen molar-refractivity contribution in [2.45, 2.75) is 77.8 Å². The molecule has 1 aromatic carbocycles. The topological polar surface area (TPSA) is 109 Å². The molecule has 2 aromatic rings. The van der Waals surface area contributed by atoms with Crippen molar-refractivity contribution >= 4 is 51.5 Å². The summed E-state index contributed by atoms with van der Waals surface area (Å²) in [6.07, 6.45) is 7.04. The Hall–Kier alpha value is -3.18. The van der Waals surface area contributed by atoms with Crippen molar-refractivity contribution in [1.29, 1.82) is 0 Å². The van der Waals surface area contributed by atoms with Gasteiger partial charge in [0.15, 0.2) is 11.7 Å². The molecule has 39 heavy (non-hydrogen) atoms. The fraction of sp³-hybridized carbons (Fsp3) is 0.500. The summed E-state index contributed by atoms with van der Waals surface area (Å²) in [6, 6.07) is 6.97. The van der Waals surface area contributed by atoms with E-state index in [9.17, 15) is 14.4 Å². The number of rotatable bonds is 7. The number of piperidine rings is 1. The zero-order valence-corrected chi connectivity index (χ0v) is 24.3. The van der Waals surface area contributed by atoms with Gasteiger partial charge in [0.25, 0.3) is 11.8 Å². The number of nitrogens with zero attached hydrogens (tertiary/aromatic N) is 1. The quantitative estimate of drug-likeness (QED) is 0.251.